The second-order valence-corrected chi connectivity index (χ2v) is 5.49. The molecule has 1 aromatic carbocycles. The number of ether oxygens (including phenoxy) is 1. The second-order valence-electron chi connectivity index (χ2n) is 5.49. The van der Waals surface area contributed by atoms with Crippen LogP contribution < -0.4 is 0 Å². The van der Waals surface area contributed by atoms with E-state index in [0.717, 1.165) is 0 Å². The van der Waals surface area contributed by atoms with Gasteiger partial charge in [0.1, 0.15) is 5.69 Å². The molecule has 3 rings (SSSR count). The van der Waals surface area contributed by atoms with Gasteiger partial charge < -0.3 is 9.84 Å². The van der Waals surface area contributed by atoms with Crippen molar-refractivity contribution in [2.24, 2.45) is 4.99 Å². The van der Waals surface area contributed by atoms with E-state index in [0.29, 0.717) is 22.3 Å². The molecule has 26 heavy (non-hydrogen) atoms. The maximum atomic E-state index is 12.0. The SMILES string of the molecule is CCOC(=O)c1cccc(N=Cc2c(O)c3cccnc3n2C(C)=O)c1. The maximum absolute atomic E-state index is 12.0. The Morgan fingerprint density at radius 2 is 2.12 bits per heavy atom. The number of esters is 1. The van der Waals surface area contributed by atoms with E-state index >= 15 is 0 Å². The highest BCUT2D eigenvalue weighted by atomic mass is 16.5. The first-order chi connectivity index (χ1) is 12.5. The summed E-state index contributed by atoms with van der Waals surface area (Å²) in [5.74, 6) is -0.807. The third kappa shape index (κ3) is 3.19. The van der Waals surface area contributed by atoms with Crippen molar-refractivity contribution in [3.63, 3.8) is 0 Å². The largest absolute Gasteiger partial charge is 0.505 e. The number of hydrogen-bond donors (Lipinski definition) is 1. The first-order valence-corrected chi connectivity index (χ1v) is 8.03. The summed E-state index contributed by atoms with van der Waals surface area (Å²) in [6.45, 7) is 3.40. The Morgan fingerprint density at radius 3 is 2.85 bits per heavy atom. The molecule has 3 aromatic rings. The standard InChI is InChI=1S/C19H17N3O4/c1-3-26-19(25)13-6-4-7-14(10-13)21-11-16-17(24)15-8-5-9-20-18(15)22(16)12(2)23/h4-11,24H,3H2,1-2H3. The molecule has 0 saturated carbocycles. The van der Waals surface area contributed by atoms with Crippen LogP contribution in [0.4, 0.5) is 5.69 Å². The van der Waals surface area contributed by atoms with Crippen molar-refractivity contribution in [2.45, 2.75) is 13.8 Å². The minimum absolute atomic E-state index is 0.0754. The van der Waals surface area contributed by atoms with Gasteiger partial charge in [0, 0.05) is 13.1 Å². The molecule has 0 spiro atoms. The fraction of sp³-hybridized carbons (Fsp3) is 0.158. The zero-order valence-corrected chi connectivity index (χ0v) is 14.3. The van der Waals surface area contributed by atoms with Crippen LogP contribution in [0, 0.1) is 0 Å². The average Bonchev–Trinajstić information content (AvgIpc) is 2.93. The average molecular weight is 351 g/mol. The molecule has 2 heterocycles. The number of rotatable bonds is 4. The van der Waals surface area contributed by atoms with Gasteiger partial charge in [0.15, 0.2) is 11.4 Å². The Kier molecular flexibility index (Phi) is 4.79. The predicted molar refractivity (Wildman–Crippen MR) is 97.4 cm³/mol. The Balaban J connectivity index is 2.03. The number of aromatic nitrogens is 2. The number of nitrogens with zero attached hydrogens (tertiary/aromatic N) is 3. The Labute approximate surface area is 149 Å². The van der Waals surface area contributed by atoms with E-state index in [2.05, 4.69) is 9.98 Å². The molecule has 0 bridgehead atoms. The topological polar surface area (TPSA) is 93.8 Å². The van der Waals surface area contributed by atoms with Crippen LogP contribution >= 0.6 is 0 Å². The van der Waals surface area contributed by atoms with E-state index < -0.39 is 5.97 Å². The summed E-state index contributed by atoms with van der Waals surface area (Å²) in [5.41, 5.74) is 1.45. The number of fused-ring (bicyclic) bond motifs is 1. The molecule has 0 aliphatic heterocycles. The molecule has 0 radical (unpaired) electrons. The van der Waals surface area contributed by atoms with E-state index in [-0.39, 0.29) is 24.0 Å². The zero-order valence-electron chi connectivity index (χ0n) is 14.3. The number of benzene rings is 1. The molecule has 0 aliphatic rings. The number of carbonyl (C=O) groups excluding carboxylic acids is 2. The van der Waals surface area contributed by atoms with Gasteiger partial charge >= 0.3 is 5.97 Å². The fourth-order valence-electron chi connectivity index (χ4n) is 2.62. The molecule has 0 unspecified atom stereocenters. The summed E-state index contributed by atoms with van der Waals surface area (Å²) in [5, 5.41) is 10.9. The monoisotopic (exact) mass is 351 g/mol. The summed E-state index contributed by atoms with van der Waals surface area (Å²) in [6.07, 6.45) is 2.92. The van der Waals surface area contributed by atoms with E-state index in [1.54, 1.807) is 49.5 Å². The predicted octanol–water partition coefficient (Wildman–Crippen LogP) is 3.33. The lowest BCUT2D eigenvalue weighted by Crippen LogP contribution is -2.09. The molecule has 7 heteroatoms. The molecular formula is C19H17N3O4. The molecule has 7 nitrogen and oxygen atoms in total. The van der Waals surface area contributed by atoms with Crippen LogP contribution in [0.25, 0.3) is 11.0 Å². The van der Waals surface area contributed by atoms with Crippen molar-refractivity contribution in [3.05, 3.63) is 53.9 Å². The molecule has 1 N–H and O–H groups in total. The van der Waals surface area contributed by atoms with Crippen LogP contribution in [0.1, 0.15) is 34.7 Å². The fourth-order valence-corrected chi connectivity index (χ4v) is 2.62. The Hall–Kier alpha value is -3.48. The lowest BCUT2D eigenvalue weighted by molar-refractivity contribution is 0.0526. The van der Waals surface area contributed by atoms with Crippen LogP contribution in [0.3, 0.4) is 0 Å². The Morgan fingerprint density at radius 1 is 1.31 bits per heavy atom. The van der Waals surface area contributed by atoms with Crippen LogP contribution in [-0.2, 0) is 4.74 Å². The van der Waals surface area contributed by atoms with E-state index in [4.69, 9.17) is 4.74 Å². The number of carbonyl (C=O) groups is 2. The van der Waals surface area contributed by atoms with Gasteiger partial charge in [-0.05, 0) is 37.3 Å². The highest BCUT2D eigenvalue weighted by Gasteiger charge is 2.18. The van der Waals surface area contributed by atoms with Crippen molar-refractivity contribution in [2.75, 3.05) is 6.61 Å². The van der Waals surface area contributed by atoms with Gasteiger partial charge in [-0.15, -0.1) is 0 Å². The highest BCUT2D eigenvalue weighted by molar-refractivity contribution is 6.03. The number of pyridine rings is 1. The van der Waals surface area contributed by atoms with Gasteiger partial charge in [-0.2, -0.15) is 0 Å². The first kappa shape index (κ1) is 17.3. The van der Waals surface area contributed by atoms with Crippen LogP contribution in [0.2, 0.25) is 0 Å². The summed E-state index contributed by atoms with van der Waals surface area (Å²) < 4.78 is 6.26. The third-order valence-electron chi connectivity index (χ3n) is 3.75. The second kappa shape index (κ2) is 7.18. The molecule has 0 amide bonds. The van der Waals surface area contributed by atoms with Gasteiger partial charge in [-0.1, -0.05) is 6.07 Å². The van der Waals surface area contributed by atoms with Gasteiger partial charge in [-0.25, -0.2) is 9.78 Å². The van der Waals surface area contributed by atoms with Gasteiger partial charge in [0.05, 0.1) is 29.5 Å². The molecule has 0 aliphatic carbocycles. The van der Waals surface area contributed by atoms with Gasteiger partial charge in [-0.3, -0.25) is 14.4 Å². The number of hydrogen-bond acceptors (Lipinski definition) is 6. The molecular weight excluding hydrogens is 334 g/mol. The normalized spacial score (nSPS) is 11.2. The van der Waals surface area contributed by atoms with Gasteiger partial charge in [0.2, 0.25) is 5.91 Å². The lowest BCUT2D eigenvalue weighted by atomic mass is 10.2. The molecule has 0 fully saturated rings. The highest BCUT2D eigenvalue weighted by Crippen LogP contribution is 2.30. The van der Waals surface area contributed by atoms with Crippen molar-refractivity contribution in [3.8, 4) is 5.75 Å². The number of aliphatic imine (C=N–C) groups is 1. The summed E-state index contributed by atoms with van der Waals surface area (Å²) in [4.78, 5) is 32.3. The lowest BCUT2D eigenvalue weighted by Gasteiger charge is -2.03. The summed E-state index contributed by atoms with van der Waals surface area (Å²) in [7, 11) is 0. The quantitative estimate of drug-likeness (QED) is 0.575. The third-order valence-corrected chi connectivity index (χ3v) is 3.75. The molecule has 2 aromatic heterocycles. The first-order valence-electron chi connectivity index (χ1n) is 8.03. The Bertz CT molecular complexity index is 1020. The smallest absolute Gasteiger partial charge is 0.338 e. The van der Waals surface area contributed by atoms with Crippen molar-refractivity contribution in [1.29, 1.82) is 0 Å². The molecule has 132 valence electrons. The summed E-state index contributed by atoms with van der Waals surface area (Å²) in [6, 6.07) is 9.94. The van der Waals surface area contributed by atoms with Crippen molar-refractivity contribution < 1.29 is 19.4 Å². The number of aromatic hydroxyl groups is 1. The minimum atomic E-state index is -0.436. The summed E-state index contributed by atoms with van der Waals surface area (Å²) >= 11 is 0. The zero-order chi connectivity index (χ0) is 18.7. The molecule has 0 atom stereocenters. The van der Waals surface area contributed by atoms with Crippen LogP contribution in [0.5, 0.6) is 5.75 Å². The van der Waals surface area contributed by atoms with E-state index in [1.165, 1.54) is 17.7 Å². The van der Waals surface area contributed by atoms with Crippen molar-refractivity contribution in [1.82, 2.24) is 9.55 Å². The van der Waals surface area contributed by atoms with Gasteiger partial charge in [0.25, 0.3) is 0 Å². The minimum Gasteiger partial charge on any atom is -0.505 e. The van der Waals surface area contributed by atoms with E-state index in [9.17, 15) is 14.7 Å². The van der Waals surface area contributed by atoms with E-state index in [1.807, 2.05) is 0 Å². The maximum Gasteiger partial charge on any atom is 0.338 e. The van der Waals surface area contributed by atoms with Crippen LogP contribution in [-0.4, -0.2) is 39.4 Å². The van der Waals surface area contributed by atoms with Crippen molar-refractivity contribution >= 4 is 34.8 Å². The molecule has 0 saturated heterocycles. The van der Waals surface area contributed by atoms with Crippen LogP contribution in [0.15, 0.2) is 47.6 Å².